The largest absolute Gasteiger partial charge is 0.464 e. The molecule has 0 bridgehead atoms. The number of likely N-dealkylation sites (tertiary alicyclic amines) is 1. The summed E-state index contributed by atoms with van der Waals surface area (Å²) >= 11 is 0. The summed E-state index contributed by atoms with van der Waals surface area (Å²) in [5, 5.41) is 0. The average Bonchev–Trinajstić information content (AvgIpc) is 2.62. The van der Waals surface area contributed by atoms with Gasteiger partial charge >= 0.3 is 5.97 Å². The summed E-state index contributed by atoms with van der Waals surface area (Å²) < 4.78 is 31.0. The number of amides is 1. The molecule has 1 aliphatic heterocycles. The van der Waals surface area contributed by atoms with Crippen LogP contribution in [0, 0.1) is 0 Å². The first-order valence-corrected chi connectivity index (χ1v) is 9.64. The van der Waals surface area contributed by atoms with Crippen LogP contribution in [0.5, 0.6) is 0 Å². The fourth-order valence-electron chi connectivity index (χ4n) is 2.76. The molecule has 0 aromatic carbocycles. The number of carbonyl (C=O) groups is 2. The molecule has 0 aliphatic carbocycles. The average molecular weight is 369 g/mol. The van der Waals surface area contributed by atoms with Crippen LogP contribution in [0.15, 0.2) is 29.4 Å². The number of esters is 1. The maximum atomic E-state index is 12.6. The second kappa shape index (κ2) is 8.39. The molecule has 1 amide bonds. The summed E-state index contributed by atoms with van der Waals surface area (Å²) in [7, 11) is -2.48. The number of rotatable bonds is 6. The molecule has 2 heterocycles. The Morgan fingerprint density at radius 1 is 1.40 bits per heavy atom. The van der Waals surface area contributed by atoms with Crippen molar-refractivity contribution < 1.29 is 22.7 Å². The van der Waals surface area contributed by atoms with E-state index in [9.17, 15) is 18.0 Å². The van der Waals surface area contributed by atoms with E-state index in [0.29, 0.717) is 13.0 Å². The Balaban J connectivity index is 2.10. The van der Waals surface area contributed by atoms with Crippen molar-refractivity contribution in [2.24, 2.45) is 0 Å². The zero-order valence-electron chi connectivity index (χ0n) is 14.4. The van der Waals surface area contributed by atoms with Gasteiger partial charge in [0.1, 0.15) is 10.9 Å². The maximum Gasteiger partial charge on any atom is 0.328 e. The number of sulfonamides is 1. The predicted molar refractivity (Wildman–Crippen MR) is 90.0 cm³/mol. The molecular formula is C16H23N3O5S. The van der Waals surface area contributed by atoms with Crippen LogP contribution in [-0.2, 0) is 24.3 Å². The lowest BCUT2D eigenvalue weighted by molar-refractivity contribution is -0.156. The van der Waals surface area contributed by atoms with Gasteiger partial charge in [0.05, 0.1) is 13.2 Å². The Kier molecular flexibility index (Phi) is 6.49. The molecule has 0 saturated carbocycles. The first-order valence-electron chi connectivity index (χ1n) is 8.20. The first kappa shape index (κ1) is 19.3. The second-order valence-electron chi connectivity index (χ2n) is 5.80. The van der Waals surface area contributed by atoms with Crippen molar-refractivity contribution in [2.75, 3.05) is 26.7 Å². The molecule has 138 valence electrons. The molecule has 0 unspecified atom stereocenters. The monoisotopic (exact) mass is 369 g/mol. The summed E-state index contributed by atoms with van der Waals surface area (Å²) in [6.07, 6.45) is 4.85. The van der Waals surface area contributed by atoms with Gasteiger partial charge in [-0.25, -0.2) is 13.2 Å². The summed E-state index contributed by atoms with van der Waals surface area (Å²) in [5.41, 5.74) is 0. The SMILES string of the molecule is CCOC(=O)[C@H]1CCCCN1C(=O)CN(C)S(=O)(=O)c1cccnc1. The van der Waals surface area contributed by atoms with E-state index < -0.39 is 27.9 Å². The number of pyridine rings is 1. The van der Waals surface area contributed by atoms with E-state index in [1.54, 1.807) is 6.92 Å². The number of hydrogen-bond donors (Lipinski definition) is 0. The minimum absolute atomic E-state index is 0.0193. The van der Waals surface area contributed by atoms with Gasteiger partial charge in [0.25, 0.3) is 0 Å². The van der Waals surface area contributed by atoms with Crippen LogP contribution in [0.3, 0.4) is 0 Å². The van der Waals surface area contributed by atoms with Crippen LogP contribution in [0.2, 0.25) is 0 Å². The number of likely N-dealkylation sites (N-methyl/N-ethyl adjacent to an activating group) is 1. The van der Waals surface area contributed by atoms with Gasteiger partial charge in [0, 0.05) is 26.0 Å². The molecule has 0 N–H and O–H groups in total. The fraction of sp³-hybridized carbons (Fsp3) is 0.562. The van der Waals surface area contributed by atoms with Crippen molar-refractivity contribution in [3.05, 3.63) is 24.5 Å². The Hall–Kier alpha value is -2.00. The van der Waals surface area contributed by atoms with Gasteiger partial charge in [-0.3, -0.25) is 9.78 Å². The third kappa shape index (κ3) is 4.55. The number of piperidine rings is 1. The maximum absolute atomic E-state index is 12.6. The summed E-state index contributed by atoms with van der Waals surface area (Å²) in [6.45, 7) is 2.03. The van der Waals surface area contributed by atoms with E-state index >= 15 is 0 Å². The molecule has 1 fully saturated rings. The molecule has 25 heavy (non-hydrogen) atoms. The van der Waals surface area contributed by atoms with Crippen LogP contribution in [-0.4, -0.2) is 67.3 Å². The van der Waals surface area contributed by atoms with E-state index in [1.165, 1.54) is 36.5 Å². The standard InChI is InChI=1S/C16H23N3O5S/c1-3-24-16(21)14-8-4-5-10-19(14)15(20)12-18(2)25(22,23)13-7-6-9-17-11-13/h6-7,9,11,14H,3-5,8,10,12H2,1-2H3/t14-/m1/s1. The van der Waals surface area contributed by atoms with Crippen molar-refractivity contribution in [1.29, 1.82) is 0 Å². The van der Waals surface area contributed by atoms with Crippen molar-refractivity contribution in [1.82, 2.24) is 14.2 Å². The molecule has 1 aromatic heterocycles. The molecular weight excluding hydrogens is 346 g/mol. The van der Waals surface area contributed by atoms with E-state index in [-0.39, 0.29) is 18.0 Å². The normalized spacial score (nSPS) is 18.2. The lowest BCUT2D eigenvalue weighted by atomic mass is 10.0. The highest BCUT2D eigenvalue weighted by Crippen LogP contribution is 2.20. The van der Waals surface area contributed by atoms with Crippen LogP contribution in [0.4, 0.5) is 0 Å². The molecule has 0 radical (unpaired) electrons. The minimum atomic E-state index is -3.81. The van der Waals surface area contributed by atoms with Crippen molar-refractivity contribution in [3.63, 3.8) is 0 Å². The topological polar surface area (TPSA) is 96.9 Å². The minimum Gasteiger partial charge on any atom is -0.464 e. The highest BCUT2D eigenvalue weighted by Gasteiger charge is 2.34. The zero-order valence-corrected chi connectivity index (χ0v) is 15.2. The van der Waals surface area contributed by atoms with Gasteiger partial charge in [0.2, 0.25) is 15.9 Å². The van der Waals surface area contributed by atoms with E-state index in [1.807, 2.05) is 0 Å². The number of nitrogens with zero attached hydrogens (tertiary/aromatic N) is 3. The lowest BCUT2D eigenvalue weighted by Crippen LogP contribution is -2.51. The van der Waals surface area contributed by atoms with Crippen molar-refractivity contribution in [3.8, 4) is 0 Å². The molecule has 1 aliphatic rings. The van der Waals surface area contributed by atoms with Gasteiger partial charge in [-0.1, -0.05) is 0 Å². The third-order valence-corrected chi connectivity index (χ3v) is 5.87. The molecule has 8 nitrogen and oxygen atoms in total. The van der Waals surface area contributed by atoms with Crippen LogP contribution >= 0.6 is 0 Å². The summed E-state index contributed by atoms with van der Waals surface area (Å²) in [5.74, 6) is -0.846. The molecule has 1 aromatic rings. The van der Waals surface area contributed by atoms with E-state index in [0.717, 1.165) is 17.1 Å². The highest BCUT2D eigenvalue weighted by molar-refractivity contribution is 7.89. The van der Waals surface area contributed by atoms with Gasteiger partial charge < -0.3 is 9.64 Å². The smallest absolute Gasteiger partial charge is 0.328 e. The zero-order chi connectivity index (χ0) is 18.4. The first-order chi connectivity index (χ1) is 11.9. The number of hydrogen-bond acceptors (Lipinski definition) is 6. The van der Waals surface area contributed by atoms with Gasteiger partial charge in [-0.05, 0) is 38.3 Å². The molecule has 0 spiro atoms. The second-order valence-corrected chi connectivity index (χ2v) is 7.85. The number of carbonyl (C=O) groups excluding carboxylic acids is 2. The van der Waals surface area contributed by atoms with E-state index in [2.05, 4.69) is 4.98 Å². The fourth-order valence-corrected chi connectivity index (χ4v) is 3.84. The molecule has 1 atom stereocenters. The molecule has 2 rings (SSSR count). The number of ether oxygens (including phenoxy) is 1. The Labute approximate surface area is 147 Å². The highest BCUT2D eigenvalue weighted by atomic mass is 32.2. The van der Waals surface area contributed by atoms with Crippen LogP contribution in [0.1, 0.15) is 26.2 Å². The van der Waals surface area contributed by atoms with Gasteiger partial charge in [0.15, 0.2) is 0 Å². The van der Waals surface area contributed by atoms with Crippen LogP contribution < -0.4 is 0 Å². The predicted octanol–water partition coefficient (Wildman–Crippen LogP) is 0.646. The third-order valence-electron chi connectivity index (χ3n) is 4.08. The van der Waals surface area contributed by atoms with E-state index in [4.69, 9.17) is 4.74 Å². The quantitative estimate of drug-likeness (QED) is 0.683. The lowest BCUT2D eigenvalue weighted by Gasteiger charge is -2.34. The summed E-state index contributed by atoms with van der Waals surface area (Å²) in [4.78, 5) is 29.9. The molecule has 1 saturated heterocycles. The Bertz CT molecular complexity index is 708. The summed E-state index contributed by atoms with van der Waals surface area (Å²) in [6, 6.07) is 2.30. The van der Waals surface area contributed by atoms with Crippen LogP contribution in [0.25, 0.3) is 0 Å². The van der Waals surface area contributed by atoms with Crippen molar-refractivity contribution >= 4 is 21.9 Å². The van der Waals surface area contributed by atoms with Gasteiger partial charge in [-0.15, -0.1) is 0 Å². The van der Waals surface area contributed by atoms with Crippen molar-refractivity contribution in [2.45, 2.75) is 37.1 Å². The number of aromatic nitrogens is 1. The Morgan fingerprint density at radius 2 is 2.16 bits per heavy atom. The molecule has 9 heteroatoms. The van der Waals surface area contributed by atoms with Gasteiger partial charge in [-0.2, -0.15) is 4.31 Å². The Morgan fingerprint density at radius 3 is 2.80 bits per heavy atom.